The summed E-state index contributed by atoms with van der Waals surface area (Å²) in [6.45, 7) is 5.92. The minimum atomic E-state index is -0.790. The lowest BCUT2D eigenvalue weighted by atomic mass is 10.4. The molecule has 1 unspecified atom stereocenters. The zero-order chi connectivity index (χ0) is 9.40. The highest BCUT2D eigenvalue weighted by atomic mass is 32.2. The van der Waals surface area contributed by atoms with Crippen molar-refractivity contribution in [3.05, 3.63) is 30.3 Å². The van der Waals surface area contributed by atoms with E-state index in [0.717, 1.165) is 4.90 Å². The van der Waals surface area contributed by atoms with Gasteiger partial charge >= 0.3 is 0 Å². The Hall–Kier alpha value is -0.630. The molecule has 0 saturated carbocycles. The molecule has 1 aromatic rings. The lowest BCUT2D eigenvalue weighted by molar-refractivity contribution is 0.684. The Bertz CT molecular complexity index is 219. The molecule has 0 aromatic heterocycles. The van der Waals surface area contributed by atoms with Gasteiger partial charge < -0.3 is 0 Å². The van der Waals surface area contributed by atoms with Crippen molar-refractivity contribution in [3.63, 3.8) is 0 Å². The SMILES string of the molecule is CC.CCS(=O)c1ccccc1. The van der Waals surface area contributed by atoms with Crippen molar-refractivity contribution in [2.75, 3.05) is 5.75 Å². The first-order valence-electron chi connectivity index (χ1n) is 4.28. The fraction of sp³-hybridized carbons (Fsp3) is 0.400. The summed E-state index contributed by atoms with van der Waals surface area (Å²) in [5.41, 5.74) is 0. The van der Waals surface area contributed by atoms with Gasteiger partial charge in [0, 0.05) is 10.6 Å². The van der Waals surface area contributed by atoms with Crippen LogP contribution < -0.4 is 0 Å². The van der Waals surface area contributed by atoms with Crippen LogP contribution in [-0.2, 0) is 10.8 Å². The highest BCUT2D eigenvalue weighted by Crippen LogP contribution is 2.03. The molecule has 68 valence electrons. The molecule has 1 nitrogen and oxygen atoms in total. The highest BCUT2D eigenvalue weighted by molar-refractivity contribution is 7.85. The number of hydrogen-bond acceptors (Lipinski definition) is 1. The van der Waals surface area contributed by atoms with Crippen LogP contribution in [0.4, 0.5) is 0 Å². The standard InChI is InChI=1S/C8H10OS.C2H6/c1-2-10(9)8-6-4-3-5-7-8;1-2/h3-7H,2H2,1H3;1-2H3. The second kappa shape index (κ2) is 7.04. The lowest BCUT2D eigenvalue weighted by Gasteiger charge is -1.95. The van der Waals surface area contributed by atoms with Gasteiger partial charge in [-0.25, -0.2) is 0 Å². The van der Waals surface area contributed by atoms with E-state index in [1.165, 1.54) is 0 Å². The van der Waals surface area contributed by atoms with Crippen LogP contribution in [0, 0.1) is 0 Å². The van der Waals surface area contributed by atoms with Gasteiger partial charge in [-0.15, -0.1) is 0 Å². The van der Waals surface area contributed by atoms with Gasteiger partial charge in [0.15, 0.2) is 0 Å². The summed E-state index contributed by atoms with van der Waals surface area (Å²) in [4.78, 5) is 0.921. The van der Waals surface area contributed by atoms with Gasteiger partial charge in [0.1, 0.15) is 0 Å². The Morgan fingerprint density at radius 2 is 1.67 bits per heavy atom. The van der Waals surface area contributed by atoms with Crippen LogP contribution in [0.3, 0.4) is 0 Å². The molecule has 1 atom stereocenters. The van der Waals surface area contributed by atoms with Gasteiger partial charge in [-0.3, -0.25) is 4.21 Å². The quantitative estimate of drug-likeness (QED) is 0.690. The minimum Gasteiger partial charge on any atom is -0.254 e. The molecule has 1 rings (SSSR count). The van der Waals surface area contributed by atoms with Crippen molar-refractivity contribution in [1.82, 2.24) is 0 Å². The van der Waals surface area contributed by atoms with Crippen molar-refractivity contribution >= 4 is 10.8 Å². The predicted molar refractivity (Wildman–Crippen MR) is 54.7 cm³/mol. The monoisotopic (exact) mass is 184 g/mol. The maximum atomic E-state index is 11.1. The molecule has 0 aliphatic heterocycles. The molecule has 0 radical (unpaired) electrons. The van der Waals surface area contributed by atoms with Gasteiger partial charge in [0.05, 0.1) is 10.8 Å². The van der Waals surface area contributed by atoms with Crippen molar-refractivity contribution in [3.8, 4) is 0 Å². The largest absolute Gasteiger partial charge is 0.254 e. The fourth-order valence-electron chi connectivity index (χ4n) is 0.739. The van der Waals surface area contributed by atoms with Crippen LogP contribution in [0.15, 0.2) is 35.2 Å². The number of benzene rings is 1. The minimum absolute atomic E-state index is 0.698. The highest BCUT2D eigenvalue weighted by Gasteiger charge is 1.96. The summed E-state index contributed by atoms with van der Waals surface area (Å²) >= 11 is 0. The van der Waals surface area contributed by atoms with Crippen molar-refractivity contribution in [2.45, 2.75) is 25.7 Å². The third kappa shape index (κ3) is 3.67. The molecule has 0 amide bonds. The smallest absolute Gasteiger partial charge is 0.0526 e. The Morgan fingerprint density at radius 3 is 2.08 bits per heavy atom. The summed E-state index contributed by atoms with van der Waals surface area (Å²) in [6, 6.07) is 9.52. The van der Waals surface area contributed by atoms with E-state index in [2.05, 4.69) is 0 Å². The van der Waals surface area contributed by atoms with E-state index in [1.54, 1.807) is 0 Å². The predicted octanol–water partition coefficient (Wildman–Crippen LogP) is 2.84. The molecule has 0 fully saturated rings. The summed E-state index contributed by atoms with van der Waals surface area (Å²) < 4.78 is 11.1. The van der Waals surface area contributed by atoms with E-state index in [-0.39, 0.29) is 0 Å². The Kier molecular flexibility index (Phi) is 6.67. The first-order valence-corrected chi connectivity index (χ1v) is 5.60. The third-order valence-electron chi connectivity index (χ3n) is 1.27. The Labute approximate surface area is 77.3 Å². The molecule has 0 heterocycles. The van der Waals surface area contributed by atoms with E-state index in [9.17, 15) is 4.21 Å². The number of hydrogen-bond donors (Lipinski definition) is 0. The van der Waals surface area contributed by atoms with Crippen LogP contribution >= 0.6 is 0 Å². The molecular weight excluding hydrogens is 168 g/mol. The Balaban J connectivity index is 0.000000561. The van der Waals surface area contributed by atoms with Gasteiger partial charge in [-0.1, -0.05) is 39.0 Å². The maximum Gasteiger partial charge on any atom is 0.0526 e. The maximum absolute atomic E-state index is 11.1. The zero-order valence-corrected chi connectivity index (χ0v) is 8.73. The van der Waals surface area contributed by atoms with Gasteiger partial charge in [-0.2, -0.15) is 0 Å². The molecule has 0 N–H and O–H groups in total. The van der Waals surface area contributed by atoms with Crippen LogP contribution in [0.5, 0.6) is 0 Å². The number of rotatable bonds is 2. The normalized spacial score (nSPS) is 11.2. The zero-order valence-electron chi connectivity index (χ0n) is 7.91. The van der Waals surface area contributed by atoms with Gasteiger partial charge in [0.25, 0.3) is 0 Å². The van der Waals surface area contributed by atoms with Crippen molar-refractivity contribution < 1.29 is 4.21 Å². The molecule has 0 spiro atoms. The summed E-state index contributed by atoms with van der Waals surface area (Å²) in [5.74, 6) is 0.698. The first kappa shape index (κ1) is 11.4. The molecule has 12 heavy (non-hydrogen) atoms. The van der Waals surface area contributed by atoms with Gasteiger partial charge in [0.2, 0.25) is 0 Å². The van der Waals surface area contributed by atoms with E-state index in [4.69, 9.17) is 0 Å². The van der Waals surface area contributed by atoms with Crippen LogP contribution in [0.25, 0.3) is 0 Å². The van der Waals surface area contributed by atoms with E-state index in [1.807, 2.05) is 51.1 Å². The first-order chi connectivity index (χ1) is 5.84. The molecule has 0 aliphatic rings. The summed E-state index contributed by atoms with van der Waals surface area (Å²) in [5, 5.41) is 0. The fourth-order valence-corrected chi connectivity index (χ4v) is 1.53. The van der Waals surface area contributed by atoms with Crippen LogP contribution in [0.1, 0.15) is 20.8 Å². The Morgan fingerprint density at radius 1 is 1.17 bits per heavy atom. The van der Waals surface area contributed by atoms with Crippen molar-refractivity contribution in [1.29, 1.82) is 0 Å². The van der Waals surface area contributed by atoms with Crippen molar-refractivity contribution in [2.24, 2.45) is 0 Å². The second-order valence-corrected chi connectivity index (χ2v) is 3.69. The summed E-state index contributed by atoms with van der Waals surface area (Å²) in [6.07, 6.45) is 0. The molecule has 0 aliphatic carbocycles. The van der Waals surface area contributed by atoms with Crippen LogP contribution in [0.2, 0.25) is 0 Å². The molecular formula is C10H16OS. The van der Waals surface area contributed by atoms with E-state index >= 15 is 0 Å². The molecule has 1 aromatic carbocycles. The summed E-state index contributed by atoms with van der Waals surface area (Å²) in [7, 11) is -0.790. The topological polar surface area (TPSA) is 17.1 Å². The lowest BCUT2D eigenvalue weighted by Crippen LogP contribution is -1.92. The molecule has 0 saturated heterocycles. The van der Waals surface area contributed by atoms with Crippen LogP contribution in [-0.4, -0.2) is 9.96 Å². The van der Waals surface area contributed by atoms with E-state index in [0.29, 0.717) is 5.75 Å². The average Bonchev–Trinajstić information content (AvgIpc) is 2.21. The van der Waals surface area contributed by atoms with Gasteiger partial charge in [-0.05, 0) is 12.1 Å². The van der Waals surface area contributed by atoms with E-state index < -0.39 is 10.8 Å². The second-order valence-electron chi connectivity index (χ2n) is 1.95. The molecule has 2 heteroatoms. The molecule has 0 bridgehead atoms. The third-order valence-corrected chi connectivity index (χ3v) is 2.59. The average molecular weight is 184 g/mol.